The van der Waals surface area contributed by atoms with Gasteiger partial charge in [0.2, 0.25) is 5.91 Å². The highest BCUT2D eigenvalue weighted by Gasteiger charge is 2.35. The van der Waals surface area contributed by atoms with Gasteiger partial charge in [-0.2, -0.15) is 0 Å². The number of para-hydroxylation sites is 1. The molecule has 2 aliphatic rings. The summed E-state index contributed by atoms with van der Waals surface area (Å²) in [6, 6.07) is 15.5. The SMILES string of the molecule is CN(C(=O)COc1ccccc1)c1nc(-c2ccc3c(c2)CCCN3C(=O)C2CC2)cs1. The predicted octanol–water partition coefficient (Wildman–Crippen LogP) is 4.54. The van der Waals surface area contributed by atoms with E-state index in [-0.39, 0.29) is 24.3 Å². The van der Waals surface area contributed by atoms with Crippen LogP contribution in [0.5, 0.6) is 5.75 Å². The van der Waals surface area contributed by atoms with E-state index in [1.165, 1.54) is 21.8 Å². The number of aromatic nitrogens is 1. The van der Waals surface area contributed by atoms with E-state index in [0.717, 1.165) is 49.2 Å². The summed E-state index contributed by atoms with van der Waals surface area (Å²) in [5.74, 6) is 1.000. The van der Waals surface area contributed by atoms with Gasteiger partial charge in [-0.3, -0.25) is 14.5 Å². The largest absolute Gasteiger partial charge is 0.484 e. The van der Waals surface area contributed by atoms with Gasteiger partial charge < -0.3 is 9.64 Å². The number of thiazole rings is 1. The number of carbonyl (C=O) groups is 2. The molecule has 2 amide bonds. The minimum atomic E-state index is -0.158. The molecule has 5 rings (SSSR count). The lowest BCUT2D eigenvalue weighted by Gasteiger charge is -2.30. The van der Waals surface area contributed by atoms with Gasteiger partial charge in [-0.15, -0.1) is 11.3 Å². The highest BCUT2D eigenvalue weighted by atomic mass is 32.1. The number of likely N-dealkylation sites (N-methyl/N-ethyl adjacent to an activating group) is 1. The fourth-order valence-corrected chi connectivity index (χ4v) is 4.77. The molecule has 0 unspecified atom stereocenters. The van der Waals surface area contributed by atoms with Crippen molar-refractivity contribution in [2.75, 3.05) is 30.0 Å². The molecule has 0 radical (unpaired) electrons. The van der Waals surface area contributed by atoms with Gasteiger partial charge in [0.05, 0.1) is 5.69 Å². The third-order valence-corrected chi connectivity index (χ3v) is 6.86. The van der Waals surface area contributed by atoms with Gasteiger partial charge in [0.25, 0.3) is 5.91 Å². The minimum Gasteiger partial charge on any atom is -0.484 e. The van der Waals surface area contributed by atoms with Gasteiger partial charge in [0.1, 0.15) is 5.75 Å². The number of hydrogen-bond donors (Lipinski definition) is 0. The van der Waals surface area contributed by atoms with Crippen molar-refractivity contribution in [1.29, 1.82) is 0 Å². The van der Waals surface area contributed by atoms with Crippen LogP contribution in [0.3, 0.4) is 0 Å². The fourth-order valence-electron chi connectivity index (χ4n) is 3.95. The lowest BCUT2D eigenvalue weighted by atomic mass is 9.98. The lowest BCUT2D eigenvalue weighted by Crippen LogP contribution is -2.36. The molecule has 0 N–H and O–H groups in total. The van der Waals surface area contributed by atoms with Gasteiger partial charge in [-0.25, -0.2) is 4.98 Å². The van der Waals surface area contributed by atoms with Gasteiger partial charge in [-0.1, -0.05) is 24.3 Å². The first-order chi connectivity index (χ1) is 15.6. The molecule has 6 nitrogen and oxygen atoms in total. The summed E-state index contributed by atoms with van der Waals surface area (Å²) >= 11 is 1.43. The van der Waals surface area contributed by atoms with Crippen LogP contribution in [0.1, 0.15) is 24.8 Å². The summed E-state index contributed by atoms with van der Waals surface area (Å²) in [6.07, 6.45) is 3.99. The third kappa shape index (κ3) is 4.25. The van der Waals surface area contributed by atoms with E-state index in [1.807, 2.05) is 52.7 Å². The Morgan fingerprint density at radius 3 is 2.78 bits per heavy atom. The van der Waals surface area contributed by atoms with Crippen LogP contribution in [0.2, 0.25) is 0 Å². The molecule has 1 aliphatic heterocycles. The van der Waals surface area contributed by atoms with Crippen LogP contribution < -0.4 is 14.5 Å². The van der Waals surface area contributed by atoms with Gasteiger partial charge in [-0.05, 0) is 55.5 Å². The van der Waals surface area contributed by atoms with Crippen molar-refractivity contribution in [2.24, 2.45) is 5.92 Å². The summed E-state index contributed by atoms with van der Waals surface area (Å²) < 4.78 is 5.57. The molecule has 3 aromatic rings. The summed E-state index contributed by atoms with van der Waals surface area (Å²) in [6.45, 7) is 0.764. The summed E-state index contributed by atoms with van der Waals surface area (Å²) in [5.41, 5.74) is 4.08. The molecular weight excluding hydrogens is 422 g/mol. The zero-order valence-electron chi connectivity index (χ0n) is 18.0. The van der Waals surface area contributed by atoms with Crippen molar-refractivity contribution in [3.63, 3.8) is 0 Å². The number of carbonyl (C=O) groups excluding carboxylic acids is 2. The average molecular weight is 448 g/mol. The first-order valence-corrected chi connectivity index (χ1v) is 11.8. The van der Waals surface area contributed by atoms with Crippen LogP contribution in [-0.4, -0.2) is 37.0 Å². The molecular formula is C25H25N3O3S. The first-order valence-electron chi connectivity index (χ1n) is 10.9. The maximum atomic E-state index is 12.6. The third-order valence-electron chi connectivity index (χ3n) is 5.95. The predicted molar refractivity (Wildman–Crippen MR) is 126 cm³/mol. The molecule has 0 bridgehead atoms. The molecule has 1 aromatic heterocycles. The van der Waals surface area contributed by atoms with E-state index in [4.69, 9.17) is 4.74 Å². The Labute approximate surface area is 191 Å². The standard InChI is InChI=1S/C25H25N3O3S/c1-27(23(29)15-31-20-7-3-2-4-8-20)25-26-21(16-32-25)18-11-12-22-19(14-18)6-5-13-28(22)24(30)17-9-10-17/h2-4,7-8,11-12,14,16-17H,5-6,9-10,13,15H2,1H3. The molecule has 1 aliphatic carbocycles. The number of amides is 2. The van der Waals surface area contributed by atoms with E-state index in [2.05, 4.69) is 11.1 Å². The number of benzene rings is 2. The second-order valence-corrected chi connectivity index (χ2v) is 9.12. The average Bonchev–Trinajstić information content (AvgIpc) is 3.57. The van der Waals surface area contributed by atoms with Crippen LogP contribution in [0.15, 0.2) is 53.9 Å². The fraction of sp³-hybridized carbons (Fsp3) is 0.320. The Kier molecular flexibility index (Phi) is 5.66. The molecule has 7 heteroatoms. The van der Waals surface area contributed by atoms with E-state index in [9.17, 15) is 9.59 Å². The summed E-state index contributed by atoms with van der Waals surface area (Å²) in [5, 5.41) is 2.60. The molecule has 2 heterocycles. The van der Waals surface area contributed by atoms with Gasteiger partial charge >= 0.3 is 0 Å². The maximum Gasteiger partial charge on any atom is 0.266 e. The van der Waals surface area contributed by atoms with Crippen LogP contribution in [-0.2, 0) is 16.0 Å². The summed E-state index contributed by atoms with van der Waals surface area (Å²) in [4.78, 5) is 33.4. The van der Waals surface area contributed by atoms with E-state index in [1.54, 1.807) is 7.05 Å². The van der Waals surface area contributed by atoms with E-state index < -0.39 is 0 Å². The highest BCUT2D eigenvalue weighted by Crippen LogP contribution is 2.37. The van der Waals surface area contributed by atoms with Crippen molar-refractivity contribution in [1.82, 2.24) is 4.98 Å². The van der Waals surface area contributed by atoms with Crippen LogP contribution in [0, 0.1) is 5.92 Å². The van der Waals surface area contributed by atoms with Crippen molar-refractivity contribution >= 4 is 34.0 Å². The quantitative estimate of drug-likeness (QED) is 0.557. The first kappa shape index (κ1) is 20.7. The minimum absolute atomic E-state index is 0.0425. The zero-order valence-corrected chi connectivity index (χ0v) is 18.8. The van der Waals surface area contributed by atoms with Crippen LogP contribution in [0.4, 0.5) is 10.8 Å². The molecule has 0 spiro atoms. The van der Waals surface area contributed by atoms with Crippen LogP contribution in [0.25, 0.3) is 11.3 Å². The summed E-state index contributed by atoms with van der Waals surface area (Å²) in [7, 11) is 1.72. The Morgan fingerprint density at radius 1 is 1.19 bits per heavy atom. The topological polar surface area (TPSA) is 62.7 Å². The molecule has 1 fully saturated rings. The molecule has 0 atom stereocenters. The van der Waals surface area contributed by atoms with E-state index in [0.29, 0.717) is 10.9 Å². The zero-order chi connectivity index (χ0) is 22.1. The van der Waals surface area contributed by atoms with Crippen molar-refractivity contribution in [3.05, 3.63) is 59.5 Å². The Morgan fingerprint density at radius 2 is 2.00 bits per heavy atom. The van der Waals surface area contributed by atoms with Crippen molar-refractivity contribution < 1.29 is 14.3 Å². The monoisotopic (exact) mass is 447 g/mol. The smallest absolute Gasteiger partial charge is 0.266 e. The van der Waals surface area contributed by atoms with Gasteiger partial charge in [0, 0.05) is 36.1 Å². The normalized spacial score (nSPS) is 15.2. The molecule has 0 saturated heterocycles. The number of anilines is 2. The number of fused-ring (bicyclic) bond motifs is 1. The van der Waals surface area contributed by atoms with Crippen molar-refractivity contribution in [3.8, 4) is 17.0 Å². The number of rotatable bonds is 6. The lowest BCUT2D eigenvalue weighted by molar-refractivity contribution is -0.120. The second kappa shape index (κ2) is 8.74. The molecule has 164 valence electrons. The van der Waals surface area contributed by atoms with Crippen molar-refractivity contribution in [2.45, 2.75) is 25.7 Å². The Hall–Kier alpha value is -3.19. The molecule has 32 heavy (non-hydrogen) atoms. The molecule has 2 aromatic carbocycles. The highest BCUT2D eigenvalue weighted by molar-refractivity contribution is 7.14. The number of nitrogens with zero attached hydrogens (tertiary/aromatic N) is 3. The van der Waals surface area contributed by atoms with E-state index >= 15 is 0 Å². The number of aryl methyl sites for hydroxylation is 1. The second-order valence-electron chi connectivity index (χ2n) is 8.28. The Balaban J connectivity index is 1.29. The number of ether oxygens (including phenoxy) is 1. The van der Waals surface area contributed by atoms with Gasteiger partial charge in [0.15, 0.2) is 11.7 Å². The Bertz CT molecular complexity index is 1140. The maximum absolute atomic E-state index is 12.6. The number of hydrogen-bond acceptors (Lipinski definition) is 5. The molecule has 1 saturated carbocycles. The van der Waals surface area contributed by atoms with Crippen LogP contribution >= 0.6 is 11.3 Å².